The van der Waals surface area contributed by atoms with Crippen LogP contribution in [0.5, 0.6) is 0 Å². The number of carbonyl (C=O) groups excluding carboxylic acids is 4. The number of nitrogens with zero attached hydrogens (tertiary/aromatic N) is 3. The van der Waals surface area contributed by atoms with Gasteiger partial charge in [0.2, 0.25) is 18.2 Å². The molecule has 0 radical (unpaired) electrons. The molecule has 5 rings (SSSR count). The first kappa shape index (κ1) is 39.3. The smallest absolute Gasteiger partial charge is 0.251 e. The molecule has 3 heterocycles. The number of morpholine rings is 1. The van der Waals surface area contributed by atoms with Gasteiger partial charge in [0.05, 0.1) is 64.9 Å². The zero-order valence-electron chi connectivity index (χ0n) is 29.3. The SMILES string of the molecule is CNC(=O)CCN(C=O)c1ccc(C(=O)NCCOCCOCCOCCNC(=O)COC2C(F)=CC=C3SC(N4C5CCC4COC5)=NC32)cc1. The van der Waals surface area contributed by atoms with Crippen LogP contribution in [0.3, 0.4) is 0 Å². The van der Waals surface area contributed by atoms with Gasteiger partial charge in [0.25, 0.3) is 5.91 Å². The van der Waals surface area contributed by atoms with Gasteiger partial charge in [-0.2, -0.15) is 0 Å². The molecule has 284 valence electrons. The van der Waals surface area contributed by atoms with Crippen molar-refractivity contribution in [1.29, 1.82) is 0 Å². The number of anilines is 1. The monoisotopic (exact) mass is 746 g/mol. The van der Waals surface area contributed by atoms with E-state index in [0.29, 0.717) is 82.5 Å². The number of benzene rings is 1. The summed E-state index contributed by atoms with van der Waals surface area (Å²) in [6, 6.07) is 6.62. The molecule has 3 aliphatic heterocycles. The summed E-state index contributed by atoms with van der Waals surface area (Å²) >= 11 is 1.55. The number of amidine groups is 1. The Labute approximate surface area is 306 Å². The minimum atomic E-state index is -0.939. The fourth-order valence-corrected chi connectivity index (χ4v) is 7.33. The van der Waals surface area contributed by atoms with E-state index in [1.807, 2.05) is 0 Å². The summed E-state index contributed by atoms with van der Waals surface area (Å²) in [5.41, 5.74) is 1.02. The Morgan fingerprint density at radius 2 is 1.62 bits per heavy atom. The highest BCUT2D eigenvalue weighted by Gasteiger charge is 2.45. The average molecular weight is 747 g/mol. The molecule has 52 heavy (non-hydrogen) atoms. The maximum Gasteiger partial charge on any atom is 0.251 e. The molecule has 2 bridgehead atoms. The van der Waals surface area contributed by atoms with Crippen molar-refractivity contribution in [2.24, 2.45) is 4.99 Å². The van der Waals surface area contributed by atoms with E-state index in [4.69, 9.17) is 28.7 Å². The lowest BCUT2D eigenvalue weighted by Crippen LogP contribution is -2.47. The van der Waals surface area contributed by atoms with Gasteiger partial charge >= 0.3 is 0 Å². The van der Waals surface area contributed by atoms with E-state index in [2.05, 4.69) is 20.9 Å². The molecular formula is C35H47FN6O9S. The lowest BCUT2D eigenvalue weighted by atomic mass is 10.0. The van der Waals surface area contributed by atoms with Gasteiger partial charge in [-0.15, -0.1) is 0 Å². The Morgan fingerprint density at radius 3 is 2.27 bits per heavy atom. The molecule has 1 aromatic rings. The van der Waals surface area contributed by atoms with Crippen molar-refractivity contribution in [3.8, 4) is 0 Å². The van der Waals surface area contributed by atoms with Crippen LogP contribution in [0.4, 0.5) is 10.1 Å². The van der Waals surface area contributed by atoms with Gasteiger partial charge < -0.3 is 49.4 Å². The van der Waals surface area contributed by atoms with Gasteiger partial charge in [-0.25, -0.2) is 4.39 Å². The maximum absolute atomic E-state index is 14.8. The highest BCUT2D eigenvalue weighted by atomic mass is 32.2. The minimum absolute atomic E-state index is 0.169. The van der Waals surface area contributed by atoms with Gasteiger partial charge in [-0.1, -0.05) is 11.8 Å². The van der Waals surface area contributed by atoms with Gasteiger partial charge in [0.1, 0.15) is 24.6 Å². The summed E-state index contributed by atoms with van der Waals surface area (Å²) in [6.07, 6.45) is 5.15. The zero-order valence-corrected chi connectivity index (χ0v) is 30.1. The number of hydrogen-bond donors (Lipinski definition) is 3. The number of aliphatic imine (C=N–C) groups is 1. The van der Waals surface area contributed by atoms with Crippen LogP contribution in [0.25, 0.3) is 0 Å². The number of allylic oxidation sites excluding steroid dienone is 2. The van der Waals surface area contributed by atoms with E-state index < -0.39 is 18.0 Å². The summed E-state index contributed by atoms with van der Waals surface area (Å²) in [5.74, 6) is -1.26. The quantitative estimate of drug-likeness (QED) is 0.122. The molecule has 0 aromatic heterocycles. The number of hydrogen-bond acceptors (Lipinski definition) is 12. The third kappa shape index (κ3) is 11.1. The van der Waals surface area contributed by atoms with Crippen molar-refractivity contribution in [2.45, 2.75) is 43.5 Å². The molecule has 1 aliphatic carbocycles. The predicted molar refractivity (Wildman–Crippen MR) is 192 cm³/mol. The second kappa shape index (κ2) is 20.4. The van der Waals surface area contributed by atoms with Crippen molar-refractivity contribution in [2.75, 3.05) is 91.0 Å². The van der Waals surface area contributed by atoms with E-state index in [0.717, 1.165) is 22.9 Å². The van der Waals surface area contributed by atoms with Crippen molar-refractivity contribution < 1.29 is 47.3 Å². The first-order valence-electron chi connectivity index (χ1n) is 17.5. The van der Waals surface area contributed by atoms with E-state index in [9.17, 15) is 23.6 Å². The molecule has 4 unspecified atom stereocenters. The van der Waals surface area contributed by atoms with E-state index in [1.54, 1.807) is 42.1 Å². The van der Waals surface area contributed by atoms with Crippen LogP contribution in [-0.2, 0) is 38.1 Å². The molecule has 17 heteroatoms. The van der Waals surface area contributed by atoms with E-state index in [1.165, 1.54) is 18.0 Å². The van der Waals surface area contributed by atoms with Gasteiger partial charge in [-0.3, -0.25) is 24.2 Å². The molecule has 2 saturated heterocycles. The standard InChI is InChI=1S/C35H47FN6O9S/c1-37-30(44)10-13-41(23-43)25-4-2-24(3-5-25)34(46)39-12-15-48-17-19-49-18-16-47-14-11-38-31(45)22-51-33-28(36)8-9-29-32(33)40-35(52-29)42-26-6-7-27(42)21-50-20-26/h2-5,8-9,23,26-27,32-33H,6-7,10-22H2,1H3,(H,37,44)(H,38,45)(H,39,46). The van der Waals surface area contributed by atoms with Crippen LogP contribution < -0.4 is 20.9 Å². The lowest BCUT2D eigenvalue weighted by molar-refractivity contribution is -0.127. The first-order chi connectivity index (χ1) is 25.4. The van der Waals surface area contributed by atoms with Crippen LogP contribution in [0.1, 0.15) is 29.6 Å². The number of nitrogens with one attached hydrogen (secondary N) is 3. The summed E-state index contributed by atoms with van der Waals surface area (Å²) in [5, 5.41) is 8.88. The summed E-state index contributed by atoms with van der Waals surface area (Å²) in [6.45, 7) is 3.82. The molecule has 2 fully saturated rings. The fourth-order valence-electron chi connectivity index (χ4n) is 6.12. The number of amides is 4. The topological polar surface area (TPSA) is 169 Å². The molecule has 0 spiro atoms. The van der Waals surface area contributed by atoms with Gasteiger partial charge in [-0.05, 0) is 49.3 Å². The minimum Gasteiger partial charge on any atom is -0.377 e. The molecule has 15 nitrogen and oxygen atoms in total. The Morgan fingerprint density at radius 1 is 0.962 bits per heavy atom. The molecule has 1 aromatic carbocycles. The molecule has 4 amide bonds. The Kier molecular flexibility index (Phi) is 15.4. The predicted octanol–water partition coefficient (Wildman–Crippen LogP) is 1.15. The van der Waals surface area contributed by atoms with Crippen LogP contribution in [0, 0.1) is 0 Å². The number of fused-ring (bicyclic) bond motifs is 3. The third-order valence-electron chi connectivity index (χ3n) is 8.86. The van der Waals surface area contributed by atoms with E-state index in [-0.39, 0.29) is 50.4 Å². The number of rotatable bonds is 21. The van der Waals surface area contributed by atoms with Crippen LogP contribution in [-0.4, -0.2) is 145 Å². The first-order valence-corrected chi connectivity index (χ1v) is 18.3. The Hall–Kier alpha value is -3.87. The number of halogens is 1. The normalized spacial score (nSPS) is 21.8. The highest BCUT2D eigenvalue weighted by Crippen LogP contribution is 2.43. The second-order valence-corrected chi connectivity index (χ2v) is 13.4. The maximum atomic E-state index is 14.8. The fraction of sp³-hybridized carbons (Fsp3) is 0.571. The number of thioether (sulfide) groups is 1. The Balaban J connectivity index is 0.850. The third-order valence-corrected chi connectivity index (χ3v) is 9.97. The van der Waals surface area contributed by atoms with Gasteiger partial charge in [0, 0.05) is 49.3 Å². The number of carbonyl (C=O) groups is 4. The summed E-state index contributed by atoms with van der Waals surface area (Å²) < 4.78 is 42.6. The number of ether oxygens (including phenoxy) is 5. The molecule has 0 saturated carbocycles. The molecule has 3 N–H and O–H groups in total. The molecule has 4 aliphatic rings. The second-order valence-electron chi connectivity index (χ2n) is 12.4. The zero-order chi connectivity index (χ0) is 36.7. The van der Waals surface area contributed by atoms with Crippen LogP contribution in [0.2, 0.25) is 0 Å². The Bertz CT molecular complexity index is 1460. The summed E-state index contributed by atoms with van der Waals surface area (Å²) in [7, 11) is 1.53. The van der Waals surface area contributed by atoms with Crippen molar-refractivity contribution in [1.82, 2.24) is 20.9 Å². The molecular weight excluding hydrogens is 699 g/mol. The van der Waals surface area contributed by atoms with Crippen molar-refractivity contribution >= 4 is 46.7 Å². The lowest BCUT2D eigenvalue weighted by Gasteiger charge is -2.35. The van der Waals surface area contributed by atoms with Gasteiger partial charge in [0.15, 0.2) is 5.17 Å². The molecule has 4 atom stereocenters. The van der Waals surface area contributed by atoms with Crippen molar-refractivity contribution in [3.63, 3.8) is 0 Å². The highest BCUT2D eigenvalue weighted by molar-refractivity contribution is 8.17. The van der Waals surface area contributed by atoms with E-state index >= 15 is 0 Å². The average Bonchev–Trinajstić information content (AvgIpc) is 3.69. The van der Waals surface area contributed by atoms with Crippen LogP contribution in [0.15, 0.2) is 52.1 Å². The largest absolute Gasteiger partial charge is 0.377 e. The van der Waals surface area contributed by atoms with Crippen molar-refractivity contribution in [3.05, 3.63) is 52.7 Å². The van der Waals surface area contributed by atoms with Crippen LogP contribution >= 0.6 is 11.8 Å². The summed E-state index contributed by atoms with van der Waals surface area (Å²) in [4.78, 5) is 57.0.